The van der Waals surface area contributed by atoms with E-state index in [2.05, 4.69) is 24.3 Å². The highest BCUT2D eigenvalue weighted by Crippen LogP contribution is 2.30. The summed E-state index contributed by atoms with van der Waals surface area (Å²) < 4.78 is 1.84. The van der Waals surface area contributed by atoms with E-state index in [9.17, 15) is 0 Å². The highest BCUT2D eigenvalue weighted by molar-refractivity contribution is 6.43. The molecule has 0 unspecified atom stereocenters. The molecule has 0 radical (unpaired) electrons. The summed E-state index contributed by atoms with van der Waals surface area (Å²) in [6.07, 6.45) is 2.03. The minimum absolute atomic E-state index is 0.396. The molecule has 0 fully saturated rings. The van der Waals surface area contributed by atoms with E-state index < -0.39 is 0 Å². The third kappa shape index (κ3) is 3.23. The number of hydrogen-bond acceptors (Lipinski definition) is 2. The zero-order valence-corrected chi connectivity index (χ0v) is 12.8. The van der Waals surface area contributed by atoms with Gasteiger partial charge in [-0.15, -0.1) is 0 Å². The Morgan fingerprint density at radius 3 is 2.74 bits per heavy atom. The second-order valence-corrected chi connectivity index (χ2v) is 5.61. The van der Waals surface area contributed by atoms with E-state index in [0.717, 1.165) is 11.4 Å². The molecule has 1 heterocycles. The molecule has 0 aliphatic carbocycles. The van der Waals surface area contributed by atoms with E-state index in [1.807, 2.05) is 30.1 Å². The second kappa shape index (κ2) is 5.85. The molecule has 5 heteroatoms. The van der Waals surface area contributed by atoms with Gasteiger partial charge in [0.1, 0.15) is 0 Å². The molecule has 19 heavy (non-hydrogen) atoms. The largest absolute Gasteiger partial charge is 0.380 e. The Morgan fingerprint density at radius 2 is 2.05 bits per heavy atom. The fourth-order valence-electron chi connectivity index (χ4n) is 2.01. The number of aryl methyl sites for hydroxylation is 1. The summed E-state index contributed by atoms with van der Waals surface area (Å²) in [5.74, 6) is 0.396. The molecule has 0 atom stereocenters. The number of halogens is 2. The van der Waals surface area contributed by atoms with Crippen LogP contribution in [0.1, 0.15) is 31.0 Å². The lowest BCUT2D eigenvalue weighted by Gasteiger charge is -2.10. The van der Waals surface area contributed by atoms with Crippen LogP contribution in [-0.4, -0.2) is 9.78 Å². The maximum absolute atomic E-state index is 6.15. The van der Waals surface area contributed by atoms with Crippen molar-refractivity contribution in [1.82, 2.24) is 9.78 Å². The van der Waals surface area contributed by atoms with Gasteiger partial charge in [-0.3, -0.25) is 4.68 Å². The monoisotopic (exact) mass is 297 g/mol. The molecule has 0 aliphatic rings. The first kappa shape index (κ1) is 14.2. The fraction of sp³-hybridized carbons (Fsp3) is 0.357. The predicted octanol–water partition coefficient (Wildman–Crippen LogP) is 4.46. The third-order valence-corrected chi connectivity index (χ3v) is 3.72. The van der Waals surface area contributed by atoms with Gasteiger partial charge in [0, 0.05) is 25.4 Å². The van der Waals surface area contributed by atoms with Crippen LogP contribution < -0.4 is 5.32 Å². The van der Waals surface area contributed by atoms with Gasteiger partial charge in [-0.2, -0.15) is 5.10 Å². The fourth-order valence-corrected chi connectivity index (χ4v) is 2.38. The minimum atomic E-state index is 0.396. The average molecular weight is 298 g/mol. The van der Waals surface area contributed by atoms with Crippen LogP contribution in [0.2, 0.25) is 10.0 Å². The average Bonchev–Trinajstić information content (AvgIpc) is 2.73. The number of benzene rings is 1. The van der Waals surface area contributed by atoms with Crippen LogP contribution in [0.3, 0.4) is 0 Å². The first-order valence-electron chi connectivity index (χ1n) is 6.19. The molecule has 1 aromatic heterocycles. The Balaban J connectivity index is 2.17. The Labute approximate surface area is 123 Å². The van der Waals surface area contributed by atoms with Crippen molar-refractivity contribution in [3.63, 3.8) is 0 Å². The van der Waals surface area contributed by atoms with Crippen molar-refractivity contribution in [3.05, 3.63) is 45.7 Å². The zero-order valence-electron chi connectivity index (χ0n) is 11.2. The smallest absolute Gasteiger partial charge is 0.0823 e. The normalized spacial score (nSPS) is 11.1. The van der Waals surface area contributed by atoms with E-state index in [-0.39, 0.29) is 0 Å². The molecule has 0 saturated carbocycles. The molecule has 2 rings (SSSR count). The van der Waals surface area contributed by atoms with Crippen LogP contribution in [0, 0.1) is 0 Å². The van der Waals surface area contributed by atoms with Gasteiger partial charge in [-0.05, 0) is 18.1 Å². The van der Waals surface area contributed by atoms with E-state index >= 15 is 0 Å². The second-order valence-electron chi connectivity index (χ2n) is 4.82. The van der Waals surface area contributed by atoms with Gasteiger partial charge in [-0.1, -0.05) is 43.1 Å². The predicted molar refractivity (Wildman–Crippen MR) is 81.1 cm³/mol. The van der Waals surface area contributed by atoms with Crippen LogP contribution in [-0.2, 0) is 13.6 Å². The number of rotatable bonds is 4. The van der Waals surface area contributed by atoms with Crippen LogP contribution >= 0.6 is 23.2 Å². The molecule has 0 saturated heterocycles. The topological polar surface area (TPSA) is 29.9 Å². The number of anilines is 1. The van der Waals surface area contributed by atoms with Gasteiger partial charge < -0.3 is 5.32 Å². The van der Waals surface area contributed by atoms with Gasteiger partial charge in [0.05, 0.1) is 21.4 Å². The van der Waals surface area contributed by atoms with Crippen molar-refractivity contribution < 1.29 is 0 Å². The van der Waals surface area contributed by atoms with Gasteiger partial charge in [-0.25, -0.2) is 0 Å². The van der Waals surface area contributed by atoms with E-state index in [4.69, 9.17) is 23.2 Å². The molecule has 1 aromatic carbocycles. The summed E-state index contributed by atoms with van der Waals surface area (Å²) in [6.45, 7) is 4.96. The zero-order chi connectivity index (χ0) is 14.0. The summed E-state index contributed by atoms with van der Waals surface area (Å²) in [7, 11) is 1.93. The highest BCUT2D eigenvalue weighted by Gasteiger charge is 2.12. The molecule has 102 valence electrons. The molecule has 0 spiro atoms. The Kier molecular flexibility index (Phi) is 4.38. The van der Waals surface area contributed by atoms with Crippen molar-refractivity contribution >= 4 is 28.9 Å². The quantitative estimate of drug-likeness (QED) is 0.903. The first-order chi connectivity index (χ1) is 8.99. The number of aromatic nitrogens is 2. The van der Waals surface area contributed by atoms with Crippen molar-refractivity contribution in [3.8, 4) is 0 Å². The van der Waals surface area contributed by atoms with Crippen LogP contribution in [0.5, 0.6) is 0 Å². The van der Waals surface area contributed by atoms with Gasteiger partial charge >= 0.3 is 0 Å². The summed E-state index contributed by atoms with van der Waals surface area (Å²) >= 11 is 12.1. The lowest BCUT2D eigenvalue weighted by Crippen LogP contribution is -2.03. The number of hydrogen-bond donors (Lipinski definition) is 1. The Hall–Kier alpha value is -1.19. The number of nitrogens with one attached hydrogen (secondary N) is 1. The first-order valence-corrected chi connectivity index (χ1v) is 6.95. The maximum Gasteiger partial charge on any atom is 0.0823 e. The van der Waals surface area contributed by atoms with Crippen molar-refractivity contribution in [2.24, 2.45) is 7.05 Å². The maximum atomic E-state index is 6.15. The van der Waals surface area contributed by atoms with Crippen LogP contribution in [0.25, 0.3) is 0 Å². The van der Waals surface area contributed by atoms with Gasteiger partial charge in [0.2, 0.25) is 0 Å². The highest BCUT2D eigenvalue weighted by atomic mass is 35.5. The SMILES string of the molecule is CC(C)c1nn(C)cc1CNc1cccc(Cl)c1Cl. The molecule has 0 bridgehead atoms. The van der Waals surface area contributed by atoms with Crippen LogP contribution in [0.4, 0.5) is 5.69 Å². The standard InChI is InChI=1S/C14H17Cl2N3/c1-9(2)14-10(8-19(3)18-14)7-17-12-6-4-5-11(15)13(12)16/h4-6,8-9,17H,7H2,1-3H3. The Bertz CT molecular complexity index is 576. The summed E-state index contributed by atoms with van der Waals surface area (Å²) in [5.41, 5.74) is 3.12. The molecule has 3 nitrogen and oxygen atoms in total. The molecular formula is C14H17Cl2N3. The molecule has 0 amide bonds. The van der Waals surface area contributed by atoms with E-state index in [1.54, 1.807) is 6.07 Å². The van der Waals surface area contributed by atoms with Crippen LogP contribution in [0.15, 0.2) is 24.4 Å². The summed E-state index contributed by atoms with van der Waals surface area (Å²) in [4.78, 5) is 0. The third-order valence-electron chi connectivity index (χ3n) is 2.90. The molecule has 0 aliphatic heterocycles. The van der Waals surface area contributed by atoms with Crippen molar-refractivity contribution in [2.45, 2.75) is 26.3 Å². The Morgan fingerprint density at radius 1 is 1.32 bits per heavy atom. The summed E-state index contributed by atoms with van der Waals surface area (Å²) in [6, 6.07) is 5.57. The van der Waals surface area contributed by atoms with Crippen molar-refractivity contribution in [1.29, 1.82) is 0 Å². The van der Waals surface area contributed by atoms with Crippen molar-refractivity contribution in [2.75, 3.05) is 5.32 Å². The molecule has 1 N–H and O–H groups in total. The van der Waals surface area contributed by atoms with E-state index in [0.29, 0.717) is 22.5 Å². The molecule has 2 aromatic rings. The molecular weight excluding hydrogens is 281 g/mol. The summed E-state index contributed by atoms with van der Waals surface area (Å²) in [5, 5.41) is 8.90. The van der Waals surface area contributed by atoms with E-state index in [1.165, 1.54) is 5.56 Å². The van der Waals surface area contributed by atoms with Gasteiger partial charge in [0.15, 0.2) is 0 Å². The lowest BCUT2D eigenvalue weighted by molar-refractivity contribution is 0.712. The lowest BCUT2D eigenvalue weighted by atomic mass is 10.1. The minimum Gasteiger partial charge on any atom is -0.380 e. The van der Waals surface area contributed by atoms with Gasteiger partial charge in [0.25, 0.3) is 0 Å². The number of nitrogens with zero attached hydrogens (tertiary/aromatic N) is 2.